The lowest BCUT2D eigenvalue weighted by Crippen LogP contribution is -2.04. The minimum absolute atomic E-state index is 0.0248. The van der Waals surface area contributed by atoms with Gasteiger partial charge in [-0.1, -0.05) is 6.07 Å². The fourth-order valence-corrected chi connectivity index (χ4v) is 2.69. The quantitative estimate of drug-likeness (QED) is 0.311. The number of ether oxygens (including phenoxy) is 5. The summed E-state index contributed by atoms with van der Waals surface area (Å²) in [6.07, 6.45) is 1.44. The van der Waals surface area contributed by atoms with Crippen LogP contribution in [-0.4, -0.2) is 45.5 Å². The van der Waals surface area contributed by atoms with E-state index in [0.717, 1.165) is 0 Å². The molecule has 29 heavy (non-hydrogen) atoms. The molecule has 0 aliphatic rings. The van der Waals surface area contributed by atoms with Gasteiger partial charge in [-0.15, -0.1) is 0 Å². The molecule has 0 saturated heterocycles. The molecule has 0 bridgehead atoms. The molecule has 0 saturated carbocycles. The summed E-state index contributed by atoms with van der Waals surface area (Å²) in [6, 6.07) is 7.82. The van der Waals surface area contributed by atoms with Crippen molar-refractivity contribution in [2.45, 2.75) is 6.92 Å². The second kappa shape index (κ2) is 9.50. The number of hydrogen-bond donors (Lipinski definition) is 1. The first-order valence-electron chi connectivity index (χ1n) is 8.46. The number of esters is 1. The molecule has 0 unspecified atom stereocenters. The number of aliphatic carboxylic acids is 1. The van der Waals surface area contributed by atoms with Gasteiger partial charge >= 0.3 is 11.9 Å². The average molecular weight is 402 g/mol. The van der Waals surface area contributed by atoms with E-state index in [1.54, 1.807) is 12.1 Å². The Hall–Kier alpha value is -3.68. The maximum atomic E-state index is 12.0. The minimum atomic E-state index is -1.16. The molecule has 0 aliphatic heterocycles. The zero-order valence-corrected chi connectivity index (χ0v) is 16.8. The molecule has 8 heteroatoms. The first kappa shape index (κ1) is 21.6. The number of hydrogen-bond acceptors (Lipinski definition) is 7. The van der Waals surface area contributed by atoms with Gasteiger partial charge in [-0.05, 0) is 41.5 Å². The van der Waals surface area contributed by atoms with Gasteiger partial charge in [-0.2, -0.15) is 0 Å². The number of carboxylic acid groups (broad SMARTS) is 1. The van der Waals surface area contributed by atoms with Crippen LogP contribution in [0.1, 0.15) is 18.1 Å². The van der Waals surface area contributed by atoms with E-state index in [2.05, 4.69) is 0 Å². The van der Waals surface area contributed by atoms with Crippen molar-refractivity contribution in [2.24, 2.45) is 0 Å². The molecule has 0 fully saturated rings. The summed E-state index contributed by atoms with van der Waals surface area (Å²) in [5.41, 5.74) is 0.813. The molecule has 2 aromatic rings. The van der Waals surface area contributed by atoms with E-state index in [4.69, 9.17) is 23.7 Å². The Kier molecular flexibility index (Phi) is 7.08. The molecular weight excluding hydrogens is 380 g/mol. The number of carbonyl (C=O) groups excluding carboxylic acids is 1. The van der Waals surface area contributed by atoms with Crippen LogP contribution in [0.5, 0.6) is 28.7 Å². The Morgan fingerprint density at radius 3 is 1.86 bits per heavy atom. The lowest BCUT2D eigenvalue weighted by Gasteiger charge is -2.14. The topological polar surface area (TPSA) is 101 Å². The van der Waals surface area contributed by atoms with Gasteiger partial charge < -0.3 is 28.8 Å². The van der Waals surface area contributed by atoms with Crippen molar-refractivity contribution in [3.05, 3.63) is 41.5 Å². The van der Waals surface area contributed by atoms with E-state index in [1.165, 1.54) is 59.6 Å². The first-order valence-corrected chi connectivity index (χ1v) is 8.46. The summed E-state index contributed by atoms with van der Waals surface area (Å²) >= 11 is 0. The third-order valence-corrected chi connectivity index (χ3v) is 3.96. The normalized spacial score (nSPS) is 10.9. The zero-order chi connectivity index (χ0) is 21.6. The van der Waals surface area contributed by atoms with Crippen LogP contribution in [0.25, 0.3) is 11.6 Å². The zero-order valence-electron chi connectivity index (χ0n) is 16.8. The SMILES string of the molecule is COc1ccc(/C=C(/C(=O)O)c2cc(OC)c(OC)c(OC)c2)cc1OC(C)=O. The van der Waals surface area contributed by atoms with Gasteiger partial charge in [0.25, 0.3) is 0 Å². The Morgan fingerprint density at radius 1 is 0.828 bits per heavy atom. The fraction of sp³-hybridized carbons (Fsp3) is 0.238. The van der Waals surface area contributed by atoms with Gasteiger partial charge in [-0.3, -0.25) is 4.79 Å². The van der Waals surface area contributed by atoms with Gasteiger partial charge in [0.15, 0.2) is 23.0 Å². The van der Waals surface area contributed by atoms with Gasteiger partial charge in [-0.25, -0.2) is 4.79 Å². The van der Waals surface area contributed by atoms with E-state index in [9.17, 15) is 14.7 Å². The van der Waals surface area contributed by atoms with Crippen molar-refractivity contribution in [2.75, 3.05) is 28.4 Å². The van der Waals surface area contributed by atoms with E-state index in [0.29, 0.717) is 34.1 Å². The largest absolute Gasteiger partial charge is 0.493 e. The molecule has 0 spiro atoms. The Morgan fingerprint density at radius 2 is 1.41 bits per heavy atom. The molecule has 0 aliphatic carbocycles. The summed E-state index contributed by atoms with van der Waals surface area (Å²) < 4.78 is 26.2. The molecular formula is C21H22O8. The summed E-state index contributed by atoms with van der Waals surface area (Å²) in [5.74, 6) is -0.152. The monoisotopic (exact) mass is 402 g/mol. The molecule has 1 N–H and O–H groups in total. The number of rotatable bonds is 8. The molecule has 0 amide bonds. The van der Waals surface area contributed by atoms with Crippen molar-refractivity contribution in [3.8, 4) is 28.7 Å². The first-order chi connectivity index (χ1) is 13.8. The molecule has 154 valence electrons. The highest BCUT2D eigenvalue weighted by Crippen LogP contribution is 2.40. The van der Waals surface area contributed by atoms with Crippen molar-refractivity contribution in [1.82, 2.24) is 0 Å². The highest BCUT2D eigenvalue weighted by molar-refractivity contribution is 6.21. The molecule has 0 radical (unpaired) electrons. The van der Waals surface area contributed by atoms with Gasteiger partial charge in [0.05, 0.1) is 34.0 Å². The second-order valence-corrected chi connectivity index (χ2v) is 5.78. The molecule has 2 aromatic carbocycles. The van der Waals surface area contributed by atoms with Crippen LogP contribution in [0, 0.1) is 0 Å². The number of carboxylic acids is 1. The summed E-state index contributed by atoms with van der Waals surface area (Å²) in [6.45, 7) is 1.26. The van der Waals surface area contributed by atoms with E-state index >= 15 is 0 Å². The third-order valence-electron chi connectivity index (χ3n) is 3.96. The van der Waals surface area contributed by atoms with E-state index < -0.39 is 11.9 Å². The minimum Gasteiger partial charge on any atom is -0.493 e. The molecule has 0 heterocycles. The molecule has 0 aromatic heterocycles. The van der Waals surface area contributed by atoms with Gasteiger partial charge in [0.2, 0.25) is 5.75 Å². The maximum Gasteiger partial charge on any atom is 0.336 e. The van der Waals surface area contributed by atoms with E-state index in [1.807, 2.05) is 0 Å². The molecule has 0 atom stereocenters. The number of carbonyl (C=O) groups is 2. The number of benzene rings is 2. The van der Waals surface area contributed by atoms with Crippen LogP contribution >= 0.6 is 0 Å². The predicted octanol–water partition coefficient (Wildman–Crippen LogP) is 3.27. The van der Waals surface area contributed by atoms with Crippen molar-refractivity contribution >= 4 is 23.6 Å². The molecule has 2 rings (SSSR count). The van der Waals surface area contributed by atoms with Crippen LogP contribution in [-0.2, 0) is 9.59 Å². The van der Waals surface area contributed by atoms with Crippen LogP contribution < -0.4 is 23.7 Å². The Labute approximate surface area is 168 Å². The second-order valence-electron chi connectivity index (χ2n) is 5.78. The highest BCUT2D eigenvalue weighted by Gasteiger charge is 2.19. The van der Waals surface area contributed by atoms with Crippen molar-refractivity contribution in [1.29, 1.82) is 0 Å². The average Bonchev–Trinajstić information content (AvgIpc) is 2.70. The third kappa shape index (κ3) is 4.98. The summed E-state index contributed by atoms with van der Waals surface area (Å²) in [7, 11) is 5.79. The Balaban J connectivity index is 2.62. The van der Waals surface area contributed by atoms with Crippen molar-refractivity contribution in [3.63, 3.8) is 0 Å². The van der Waals surface area contributed by atoms with Crippen LogP contribution in [0.4, 0.5) is 0 Å². The van der Waals surface area contributed by atoms with Crippen LogP contribution in [0.2, 0.25) is 0 Å². The lowest BCUT2D eigenvalue weighted by molar-refractivity contribution is -0.132. The standard InChI is InChI=1S/C21H22O8/c1-12(22)29-17-9-13(6-7-16(17)25-2)8-15(21(23)24)14-10-18(26-3)20(28-5)19(11-14)27-4/h6-11H,1-5H3,(H,23,24)/b15-8+. The van der Waals surface area contributed by atoms with Crippen LogP contribution in [0.15, 0.2) is 30.3 Å². The predicted molar refractivity (Wildman–Crippen MR) is 106 cm³/mol. The lowest BCUT2D eigenvalue weighted by atomic mass is 10.0. The molecule has 8 nitrogen and oxygen atoms in total. The smallest absolute Gasteiger partial charge is 0.336 e. The fourth-order valence-electron chi connectivity index (χ4n) is 2.69. The van der Waals surface area contributed by atoms with Crippen molar-refractivity contribution < 1.29 is 38.4 Å². The highest BCUT2D eigenvalue weighted by atomic mass is 16.6. The maximum absolute atomic E-state index is 12.0. The van der Waals surface area contributed by atoms with Gasteiger partial charge in [0.1, 0.15) is 0 Å². The van der Waals surface area contributed by atoms with Crippen LogP contribution in [0.3, 0.4) is 0 Å². The van der Waals surface area contributed by atoms with Gasteiger partial charge in [0, 0.05) is 6.92 Å². The summed E-state index contributed by atoms with van der Waals surface area (Å²) in [5, 5.41) is 9.77. The Bertz CT molecular complexity index is 921. The number of methoxy groups -OCH3 is 4. The van der Waals surface area contributed by atoms with E-state index in [-0.39, 0.29) is 11.3 Å². The summed E-state index contributed by atoms with van der Waals surface area (Å²) in [4.78, 5) is 23.3.